The first-order valence-corrected chi connectivity index (χ1v) is 10.9. The molecular weight excluding hydrogens is 433 g/mol. The molecule has 166 valence electrons. The van der Waals surface area contributed by atoms with Crippen LogP contribution < -0.4 is 9.47 Å². The minimum absolute atomic E-state index is 0.0771. The minimum Gasteiger partial charge on any atom is -0.497 e. The Morgan fingerprint density at radius 3 is 2.69 bits per heavy atom. The molecule has 1 N–H and O–H groups in total. The van der Waals surface area contributed by atoms with E-state index in [1.54, 1.807) is 13.4 Å². The molecular formula is C23H22FN3O4S. The van der Waals surface area contributed by atoms with Crippen molar-refractivity contribution < 1.29 is 23.4 Å². The summed E-state index contributed by atoms with van der Waals surface area (Å²) in [6, 6.07) is 17.0. The predicted octanol–water partition coefficient (Wildman–Crippen LogP) is 4.27. The number of ether oxygens (including phenoxy) is 2. The molecule has 4 aromatic rings. The number of hydrogen-bond acceptors (Lipinski definition) is 7. The summed E-state index contributed by atoms with van der Waals surface area (Å²) in [6.45, 7) is 0.519. The average molecular weight is 456 g/mol. The molecule has 0 bridgehead atoms. The smallest absolute Gasteiger partial charge is 0.192 e. The van der Waals surface area contributed by atoms with E-state index in [2.05, 4.69) is 10.2 Å². The van der Waals surface area contributed by atoms with Gasteiger partial charge >= 0.3 is 0 Å². The second kappa shape index (κ2) is 10.3. The fraction of sp³-hybridized carbons (Fsp3) is 0.217. The number of nitrogens with zero attached hydrogens (tertiary/aromatic N) is 3. The molecule has 0 aliphatic rings. The lowest BCUT2D eigenvalue weighted by atomic mass is 10.2. The maximum atomic E-state index is 13.0. The Morgan fingerprint density at radius 1 is 1.09 bits per heavy atom. The van der Waals surface area contributed by atoms with Gasteiger partial charge in [0.15, 0.2) is 11.0 Å². The van der Waals surface area contributed by atoms with Gasteiger partial charge in [0.2, 0.25) is 0 Å². The highest BCUT2D eigenvalue weighted by molar-refractivity contribution is 7.99. The highest BCUT2D eigenvalue weighted by atomic mass is 32.2. The van der Waals surface area contributed by atoms with E-state index in [0.717, 1.165) is 17.1 Å². The molecule has 2 heterocycles. The van der Waals surface area contributed by atoms with Crippen molar-refractivity contribution in [3.63, 3.8) is 0 Å². The van der Waals surface area contributed by atoms with Gasteiger partial charge in [0.1, 0.15) is 29.7 Å². The zero-order valence-corrected chi connectivity index (χ0v) is 18.2. The van der Waals surface area contributed by atoms with Crippen LogP contribution in [-0.2, 0) is 6.54 Å². The van der Waals surface area contributed by atoms with E-state index in [4.69, 9.17) is 13.9 Å². The third-order valence-electron chi connectivity index (χ3n) is 4.60. The number of rotatable bonds is 10. The van der Waals surface area contributed by atoms with E-state index in [-0.39, 0.29) is 12.4 Å². The number of aromatic nitrogens is 3. The van der Waals surface area contributed by atoms with Crippen molar-refractivity contribution >= 4 is 11.8 Å². The summed E-state index contributed by atoms with van der Waals surface area (Å²) < 4.78 is 31.3. The molecule has 0 spiro atoms. The van der Waals surface area contributed by atoms with Gasteiger partial charge in [-0.3, -0.25) is 4.57 Å². The van der Waals surface area contributed by atoms with Crippen LogP contribution in [0, 0.1) is 5.82 Å². The standard InChI is InChI=1S/C23H22FN3O4S/c1-29-20-5-2-4-16(12-20)22-25-26-23(27(22)13-21-6-3-11-30-21)32-15-18(28)14-31-19-9-7-17(24)8-10-19/h2-12,18,28H,13-15H2,1H3. The van der Waals surface area contributed by atoms with Crippen molar-refractivity contribution in [1.29, 1.82) is 0 Å². The third kappa shape index (κ3) is 5.49. The Labute approximate surface area is 188 Å². The maximum absolute atomic E-state index is 13.0. The Kier molecular flexibility index (Phi) is 7.08. The van der Waals surface area contributed by atoms with Gasteiger partial charge in [-0.05, 0) is 48.5 Å². The molecule has 32 heavy (non-hydrogen) atoms. The molecule has 2 aromatic heterocycles. The van der Waals surface area contributed by atoms with Crippen molar-refractivity contribution in [2.75, 3.05) is 19.5 Å². The highest BCUT2D eigenvalue weighted by Gasteiger charge is 2.18. The van der Waals surface area contributed by atoms with Gasteiger partial charge in [-0.15, -0.1) is 10.2 Å². The molecule has 1 atom stereocenters. The van der Waals surface area contributed by atoms with Gasteiger partial charge in [0.25, 0.3) is 0 Å². The zero-order valence-electron chi connectivity index (χ0n) is 17.3. The number of halogens is 1. The topological polar surface area (TPSA) is 82.5 Å². The van der Waals surface area contributed by atoms with Gasteiger partial charge in [-0.2, -0.15) is 0 Å². The average Bonchev–Trinajstić information content (AvgIpc) is 3.48. The SMILES string of the molecule is COc1cccc(-c2nnc(SCC(O)COc3ccc(F)cc3)n2Cc2ccco2)c1. The van der Waals surface area contributed by atoms with Crippen LogP contribution in [0.3, 0.4) is 0 Å². The van der Waals surface area contributed by atoms with Crippen LogP contribution in [0.4, 0.5) is 4.39 Å². The molecule has 4 rings (SSSR count). The van der Waals surface area contributed by atoms with Crippen LogP contribution in [0.15, 0.2) is 76.5 Å². The lowest BCUT2D eigenvalue weighted by molar-refractivity contribution is 0.126. The van der Waals surface area contributed by atoms with E-state index in [9.17, 15) is 9.50 Å². The lowest BCUT2D eigenvalue weighted by Crippen LogP contribution is -2.20. The normalized spacial score (nSPS) is 12.0. The van der Waals surface area contributed by atoms with Crippen molar-refractivity contribution in [2.45, 2.75) is 17.8 Å². The summed E-state index contributed by atoms with van der Waals surface area (Å²) in [5, 5.41) is 19.7. The Bertz CT molecular complexity index is 1130. The first kappa shape index (κ1) is 21.9. The molecule has 1 unspecified atom stereocenters. The van der Waals surface area contributed by atoms with E-state index in [0.29, 0.717) is 29.0 Å². The number of aliphatic hydroxyl groups excluding tert-OH is 1. The van der Waals surface area contributed by atoms with Crippen LogP contribution in [0.5, 0.6) is 11.5 Å². The largest absolute Gasteiger partial charge is 0.497 e. The van der Waals surface area contributed by atoms with E-state index in [1.807, 2.05) is 41.0 Å². The summed E-state index contributed by atoms with van der Waals surface area (Å²) in [7, 11) is 1.61. The quantitative estimate of drug-likeness (QED) is 0.358. The number of benzene rings is 2. The number of furan rings is 1. The van der Waals surface area contributed by atoms with Gasteiger partial charge in [-0.25, -0.2) is 4.39 Å². The highest BCUT2D eigenvalue weighted by Crippen LogP contribution is 2.28. The Hall–Kier alpha value is -3.30. The maximum Gasteiger partial charge on any atom is 0.192 e. The summed E-state index contributed by atoms with van der Waals surface area (Å²) in [6.07, 6.45) is 0.868. The Balaban J connectivity index is 1.47. The molecule has 9 heteroatoms. The Morgan fingerprint density at radius 2 is 1.94 bits per heavy atom. The molecule has 0 radical (unpaired) electrons. The van der Waals surface area contributed by atoms with Crippen LogP contribution in [0.25, 0.3) is 11.4 Å². The molecule has 0 amide bonds. The van der Waals surface area contributed by atoms with Crippen LogP contribution in [0.1, 0.15) is 5.76 Å². The zero-order chi connectivity index (χ0) is 22.3. The van der Waals surface area contributed by atoms with E-state index >= 15 is 0 Å². The van der Waals surface area contributed by atoms with Crippen LogP contribution in [-0.4, -0.2) is 45.4 Å². The van der Waals surface area contributed by atoms with Gasteiger partial charge in [-0.1, -0.05) is 23.9 Å². The number of thioether (sulfide) groups is 1. The van der Waals surface area contributed by atoms with Crippen LogP contribution >= 0.6 is 11.8 Å². The van der Waals surface area contributed by atoms with Crippen molar-refractivity contribution in [3.8, 4) is 22.9 Å². The summed E-state index contributed by atoms with van der Waals surface area (Å²) in [4.78, 5) is 0. The number of methoxy groups -OCH3 is 1. The van der Waals surface area contributed by atoms with Crippen LogP contribution in [0.2, 0.25) is 0 Å². The molecule has 0 saturated carbocycles. The molecule has 0 saturated heterocycles. The fourth-order valence-corrected chi connectivity index (χ4v) is 3.86. The van der Waals surface area contributed by atoms with Crippen molar-refractivity contribution in [1.82, 2.24) is 14.8 Å². The second-order valence-corrected chi connectivity index (χ2v) is 7.92. The van der Waals surface area contributed by atoms with Crippen molar-refractivity contribution in [2.24, 2.45) is 0 Å². The fourth-order valence-electron chi connectivity index (χ4n) is 3.01. The predicted molar refractivity (Wildman–Crippen MR) is 118 cm³/mol. The van der Waals surface area contributed by atoms with Crippen molar-refractivity contribution in [3.05, 3.63) is 78.5 Å². The molecule has 0 aliphatic carbocycles. The van der Waals surface area contributed by atoms with E-state index < -0.39 is 6.10 Å². The lowest BCUT2D eigenvalue weighted by Gasteiger charge is -2.13. The number of hydrogen-bond donors (Lipinski definition) is 1. The van der Waals surface area contributed by atoms with Gasteiger partial charge in [0, 0.05) is 11.3 Å². The summed E-state index contributed by atoms with van der Waals surface area (Å²) >= 11 is 1.37. The molecule has 0 aliphatic heterocycles. The molecule has 0 fully saturated rings. The third-order valence-corrected chi connectivity index (χ3v) is 5.71. The first-order valence-electron chi connectivity index (χ1n) is 9.91. The number of aliphatic hydroxyl groups is 1. The van der Waals surface area contributed by atoms with Gasteiger partial charge < -0.3 is 19.0 Å². The summed E-state index contributed by atoms with van der Waals surface area (Å²) in [5.74, 6) is 2.65. The van der Waals surface area contributed by atoms with Gasteiger partial charge in [0.05, 0.1) is 26.0 Å². The minimum atomic E-state index is -0.751. The monoisotopic (exact) mass is 455 g/mol. The first-order chi connectivity index (χ1) is 15.6. The molecule has 2 aromatic carbocycles. The second-order valence-electron chi connectivity index (χ2n) is 6.93. The summed E-state index contributed by atoms with van der Waals surface area (Å²) in [5.41, 5.74) is 0.857. The van der Waals surface area contributed by atoms with E-state index in [1.165, 1.54) is 36.0 Å². The molecule has 7 nitrogen and oxygen atoms in total.